The lowest BCUT2D eigenvalue weighted by Gasteiger charge is -2.10. The van der Waals surface area contributed by atoms with Crippen LogP contribution < -0.4 is 10.6 Å². The summed E-state index contributed by atoms with van der Waals surface area (Å²) in [5, 5.41) is 6.19. The quantitative estimate of drug-likeness (QED) is 0.817. The summed E-state index contributed by atoms with van der Waals surface area (Å²) in [5.74, 6) is -0.0793. The molecule has 0 saturated heterocycles. The number of rotatable bonds is 5. The maximum atomic E-state index is 11.6. The molecule has 0 aliphatic heterocycles. The van der Waals surface area contributed by atoms with E-state index in [1.165, 1.54) is 7.11 Å². The third kappa shape index (κ3) is 4.43. The predicted molar refractivity (Wildman–Crippen MR) is 89.2 cm³/mol. The number of methoxy groups -OCH3 is 1. The van der Waals surface area contributed by atoms with Crippen LogP contribution in [0.4, 0.5) is 17.2 Å². The van der Waals surface area contributed by atoms with Crippen LogP contribution in [-0.2, 0) is 9.53 Å². The van der Waals surface area contributed by atoms with Gasteiger partial charge in [-0.2, -0.15) is 0 Å². The highest BCUT2D eigenvalue weighted by Crippen LogP contribution is 2.27. The number of anilines is 3. The van der Waals surface area contributed by atoms with Crippen molar-refractivity contribution in [3.8, 4) is 0 Å². The molecule has 1 amide bonds. The molecule has 7 heteroatoms. The Labute approximate surface area is 138 Å². The van der Waals surface area contributed by atoms with E-state index in [0.717, 1.165) is 0 Å². The van der Waals surface area contributed by atoms with Crippen LogP contribution in [0.25, 0.3) is 0 Å². The molecule has 0 fully saturated rings. The van der Waals surface area contributed by atoms with E-state index in [9.17, 15) is 9.59 Å². The normalized spacial score (nSPS) is 10.0. The van der Waals surface area contributed by atoms with E-state index in [-0.39, 0.29) is 5.91 Å². The Morgan fingerprint density at radius 3 is 2.65 bits per heavy atom. The van der Waals surface area contributed by atoms with Gasteiger partial charge in [0.1, 0.15) is 5.82 Å². The number of nitrogens with zero attached hydrogens (tertiary/aromatic N) is 1. The van der Waals surface area contributed by atoms with Crippen molar-refractivity contribution in [1.29, 1.82) is 0 Å². The predicted octanol–water partition coefficient (Wildman–Crippen LogP) is 3.61. The average Bonchev–Trinajstić information content (AvgIpc) is 2.57. The summed E-state index contributed by atoms with van der Waals surface area (Å²) in [4.78, 5) is 27.0. The van der Waals surface area contributed by atoms with E-state index < -0.39 is 5.97 Å². The summed E-state index contributed by atoms with van der Waals surface area (Å²) < 4.78 is 4.68. The van der Waals surface area contributed by atoms with E-state index in [4.69, 9.17) is 11.6 Å². The standard InChI is InChI=1S/C16H16ClN3O3/c1-3-15(21)20-14-7-5-11(9-18-14)19-13-8-10(16(22)23-2)4-6-12(13)17/h4-9,19H,3H2,1-2H3,(H,18,20,21). The number of ether oxygens (including phenoxy) is 1. The fraction of sp³-hybridized carbons (Fsp3) is 0.188. The SMILES string of the molecule is CCC(=O)Nc1ccc(Nc2cc(C(=O)OC)ccc2Cl)cn1. The molecule has 2 N–H and O–H groups in total. The first-order valence-electron chi connectivity index (χ1n) is 6.94. The van der Waals surface area contributed by atoms with Gasteiger partial charge in [-0.1, -0.05) is 18.5 Å². The molecular weight excluding hydrogens is 318 g/mol. The summed E-state index contributed by atoms with van der Waals surface area (Å²) >= 11 is 6.12. The van der Waals surface area contributed by atoms with E-state index in [1.807, 2.05) is 0 Å². The number of halogens is 1. The molecule has 0 radical (unpaired) electrons. The van der Waals surface area contributed by atoms with Crippen molar-refractivity contribution >= 4 is 40.7 Å². The molecule has 0 bridgehead atoms. The topological polar surface area (TPSA) is 80.3 Å². The Hall–Kier alpha value is -2.60. The summed E-state index contributed by atoms with van der Waals surface area (Å²) in [5.41, 5.74) is 1.62. The molecule has 0 aliphatic carbocycles. The fourth-order valence-electron chi connectivity index (χ4n) is 1.79. The van der Waals surface area contributed by atoms with Crippen molar-refractivity contribution in [1.82, 2.24) is 4.98 Å². The Morgan fingerprint density at radius 2 is 2.04 bits per heavy atom. The largest absolute Gasteiger partial charge is 0.465 e. The summed E-state index contributed by atoms with van der Waals surface area (Å²) in [6, 6.07) is 8.22. The number of amides is 1. The Bertz CT molecular complexity index is 717. The van der Waals surface area contributed by atoms with Crippen LogP contribution in [0.3, 0.4) is 0 Å². The van der Waals surface area contributed by atoms with Gasteiger partial charge >= 0.3 is 5.97 Å². The fourth-order valence-corrected chi connectivity index (χ4v) is 1.96. The van der Waals surface area contributed by atoms with Gasteiger partial charge in [-0.15, -0.1) is 0 Å². The molecule has 2 rings (SSSR count). The van der Waals surface area contributed by atoms with Crippen LogP contribution >= 0.6 is 11.6 Å². The first-order chi connectivity index (χ1) is 11.0. The second-order valence-electron chi connectivity index (χ2n) is 4.65. The molecule has 0 spiro atoms. The zero-order valence-electron chi connectivity index (χ0n) is 12.7. The maximum absolute atomic E-state index is 11.6. The summed E-state index contributed by atoms with van der Waals surface area (Å²) in [6.07, 6.45) is 1.95. The number of esters is 1. The molecule has 0 saturated carbocycles. The number of nitrogens with one attached hydrogen (secondary N) is 2. The van der Waals surface area contributed by atoms with Crippen LogP contribution in [0.5, 0.6) is 0 Å². The van der Waals surface area contributed by atoms with E-state index in [1.54, 1.807) is 43.5 Å². The summed E-state index contributed by atoms with van der Waals surface area (Å²) in [7, 11) is 1.32. The number of carbonyl (C=O) groups is 2. The number of hydrogen-bond donors (Lipinski definition) is 2. The third-order valence-electron chi connectivity index (χ3n) is 3.02. The van der Waals surface area contributed by atoms with Crippen LogP contribution in [0.1, 0.15) is 23.7 Å². The lowest BCUT2D eigenvalue weighted by Crippen LogP contribution is -2.10. The van der Waals surface area contributed by atoms with Crippen molar-refractivity contribution in [2.75, 3.05) is 17.7 Å². The maximum Gasteiger partial charge on any atom is 0.337 e. The van der Waals surface area contributed by atoms with Gasteiger partial charge in [0.25, 0.3) is 0 Å². The minimum absolute atomic E-state index is 0.105. The average molecular weight is 334 g/mol. The number of pyridine rings is 1. The molecule has 1 heterocycles. The van der Waals surface area contributed by atoms with Crippen LogP contribution in [0.15, 0.2) is 36.5 Å². The minimum atomic E-state index is -0.444. The molecular formula is C16H16ClN3O3. The number of hydrogen-bond acceptors (Lipinski definition) is 5. The highest BCUT2D eigenvalue weighted by molar-refractivity contribution is 6.33. The Kier molecular flexibility index (Phi) is 5.54. The molecule has 1 aromatic carbocycles. The van der Waals surface area contributed by atoms with Crippen molar-refractivity contribution in [2.45, 2.75) is 13.3 Å². The molecule has 120 valence electrons. The number of carbonyl (C=O) groups excluding carboxylic acids is 2. The van der Waals surface area contributed by atoms with Gasteiger partial charge in [-0.25, -0.2) is 9.78 Å². The first kappa shape index (κ1) is 16.8. The number of aromatic nitrogens is 1. The van der Waals surface area contributed by atoms with Crippen molar-refractivity contribution < 1.29 is 14.3 Å². The third-order valence-corrected chi connectivity index (χ3v) is 3.35. The van der Waals surface area contributed by atoms with E-state index in [2.05, 4.69) is 20.4 Å². The molecule has 0 unspecified atom stereocenters. The first-order valence-corrected chi connectivity index (χ1v) is 7.32. The van der Waals surface area contributed by atoms with Gasteiger partial charge in [0.15, 0.2) is 0 Å². The van der Waals surface area contributed by atoms with Gasteiger partial charge in [-0.05, 0) is 30.3 Å². The zero-order chi connectivity index (χ0) is 16.8. The van der Waals surface area contributed by atoms with Gasteiger partial charge in [0, 0.05) is 6.42 Å². The Balaban J connectivity index is 2.15. The number of benzene rings is 1. The molecule has 23 heavy (non-hydrogen) atoms. The zero-order valence-corrected chi connectivity index (χ0v) is 13.5. The lowest BCUT2D eigenvalue weighted by molar-refractivity contribution is -0.115. The summed E-state index contributed by atoms with van der Waals surface area (Å²) in [6.45, 7) is 1.77. The second-order valence-corrected chi connectivity index (χ2v) is 5.05. The highest BCUT2D eigenvalue weighted by atomic mass is 35.5. The smallest absolute Gasteiger partial charge is 0.337 e. The molecule has 0 atom stereocenters. The lowest BCUT2D eigenvalue weighted by atomic mass is 10.2. The molecule has 6 nitrogen and oxygen atoms in total. The molecule has 2 aromatic rings. The molecule has 1 aromatic heterocycles. The van der Waals surface area contributed by atoms with Crippen molar-refractivity contribution in [3.63, 3.8) is 0 Å². The van der Waals surface area contributed by atoms with Crippen LogP contribution in [0, 0.1) is 0 Å². The highest BCUT2D eigenvalue weighted by Gasteiger charge is 2.09. The Morgan fingerprint density at radius 1 is 1.26 bits per heavy atom. The second kappa shape index (κ2) is 7.60. The van der Waals surface area contributed by atoms with Crippen molar-refractivity contribution in [3.05, 3.63) is 47.1 Å². The van der Waals surface area contributed by atoms with Crippen LogP contribution in [-0.4, -0.2) is 24.0 Å². The van der Waals surface area contributed by atoms with Crippen molar-refractivity contribution in [2.24, 2.45) is 0 Å². The van der Waals surface area contributed by atoms with Crippen LogP contribution in [0.2, 0.25) is 5.02 Å². The van der Waals surface area contributed by atoms with Gasteiger partial charge in [0.2, 0.25) is 5.91 Å². The monoisotopic (exact) mass is 333 g/mol. The van der Waals surface area contributed by atoms with E-state index in [0.29, 0.717) is 34.2 Å². The van der Waals surface area contributed by atoms with Gasteiger partial charge in [-0.3, -0.25) is 4.79 Å². The van der Waals surface area contributed by atoms with Gasteiger partial charge in [0.05, 0.1) is 35.3 Å². The van der Waals surface area contributed by atoms with E-state index >= 15 is 0 Å². The molecule has 0 aliphatic rings. The van der Waals surface area contributed by atoms with Gasteiger partial charge < -0.3 is 15.4 Å². The minimum Gasteiger partial charge on any atom is -0.465 e.